The first-order valence-corrected chi connectivity index (χ1v) is 9.86. The molecule has 6 nitrogen and oxygen atoms in total. The molecule has 0 bridgehead atoms. The van der Waals surface area contributed by atoms with Gasteiger partial charge in [0.05, 0.1) is 0 Å². The zero-order valence-electron chi connectivity index (χ0n) is 16.7. The normalized spacial score (nSPS) is 14.7. The zero-order valence-corrected chi connectivity index (χ0v) is 16.7. The van der Waals surface area contributed by atoms with Crippen LogP contribution in [0, 0.1) is 12.7 Å². The van der Waals surface area contributed by atoms with Gasteiger partial charge in [0, 0.05) is 43.7 Å². The zero-order chi connectivity index (χ0) is 21.1. The third kappa shape index (κ3) is 3.96. The summed E-state index contributed by atoms with van der Waals surface area (Å²) in [6, 6.07) is 15.8. The fraction of sp³-hybridized carbons (Fsp3) is 0.261. The molecule has 0 unspecified atom stereocenters. The van der Waals surface area contributed by atoms with Crippen molar-refractivity contribution < 1.29 is 18.5 Å². The van der Waals surface area contributed by atoms with Crippen LogP contribution in [0.1, 0.15) is 28.1 Å². The van der Waals surface area contributed by atoms with Crippen LogP contribution in [0.2, 0.25) is 0 Å². The third-order valence-electron chi connectivity index (χ3n) is 5.32. The molecule has 30 heavy (non-hydrogen) atoms. The van der Waals surface area contributed by atoms with Crippen molar-refractivity contribution in [1.82, 2.24) is 15.0 Å². The molecule has 4 rings (SSSR count). The minimum absolute atomic E-state index is 0.0983. The molecule has 7 heteroatoms. The van der Waals surface area contributed by atoms with Crippen molar-refractivity contribution in [1.29, 1.82) is 0 Å². The number of rotatable bonds is 4. The number of hydrogen-bond donors (Lipinski definition) is 0. The Bertz CT molecular complexity index is 1060. The number of nitrogens with zero attached hydrogens (tertiary/aromatic N) is 3. The highest BCUT2D eigenvalue weighted by atomic mass is 19.1. The van der Waals surface area contributed by atoms with Crippen LogP contribution < -0.4 is 0 Å². The van der Waals surface area contributed by atoms with Crippen LogP contribution in [0.15, 0.2) is 59.1 Å². The Kier molecular flexibility index (Phi) is 5.61. The second kappa shape index (κ2) is 8.49. The molecule has 0 saturated carbocycles. The molecule has 2 aromatic carbocycles. The fourth-order valence-electron chi connectivity index (χ4n) is 3.64. The maximum Gasteiger partial charge on any atom is 0.259 e. The second-order valence-corrected chi connectivity index (χ2v) is 7.28. The number of carbonyl (C=O) groups excluding carboxylic acids is 2. The summed E-state index contributed by atoms with van der Waals surface area (Å²) >= 11 is 0. The average Bonchev–Trinajstić information content (AvgIpc) is 3.05. The molecule has 1 fully saturated rings. The highest BCUT2D eigenvalue weighted by Crippen LogP contribution is 2.27. The van der Waals surface area contributed by atoms with E-state index in [2.05, 4.69) is 5.16 Å². The summed E-state index contributed by atoms with van der Waals surface area (Å²) in [5.74, 6) is -0.209. The van der Waals surface area contributed by atoms with Crippen LogP contribution in [0.3, 0.4) is 0 Å². The van der Waals surface area contributed by atoms with E-state index in [4.69, 9.17) is 4.52 Å². The molecule has 154 valence electrons. The Balaban J connectivity index is 1.53. The molecule has 1 aliphatic heterocycles. The molecule has 1 saturated heterocycles. The van der Waals surface area contributed by atoms with E-state index in [0.29, 0.717) is 42.2 Å². The van der Waals surface area contributed by atoms with Crippen LogP contribution in [-0.4, -0.2) is 46.4 Å². The van der Waals surface area contributed by atoms with Gasteiger partial charge in [-0.1, -0.05) is 53.7 Å². The van der Waals surface area contributed by atoms with Crippen LogP contribution in [-0.2, 0) is 11.3 Å². The summed E-state index contributed by atoms with van der Waals surface area (Å²) in [6.07, 6.45) is 0.186. The Morgan fingerprint density at radius 3 is 2.57 bits per heavy atom. The molecule has 1 aromatic heterocycles. The molecule has 2 amide bonds. The highest BCUT2D eigenvalue weighted by molar-refractivity contribution is 6.01. The standard InChI is InChI=1S/C23H22FN3O3/c1-16-21(22(25-30-16)17-7-3-2-4-8-17)23(29)26-12-11-20(28)27(14-13-26)15-18-9-5-6-10-19(18)24/h2-10H,11-15H2,1H3. The molecule has 0 spiro atoms. The third-order valence-corrected chi connectivity index (χ3v) is 5.32. The van der Waals surface area contributed by atoms with Crippen LogP contribution in [0.4, 0.5) is 4.39 Å². The first kappa shape index (κ1) is 19.8. The van der Waals surface area contributed by atoms with Gasteiger partial charge in [0.15, 0.2) is 0 Å². The lowest BCUT2D eigenvalue weighted by Gasteiger charge is -2.22. The number of halogens is 1. The predicted octanol–water partition coefficient (Wildman–Crippen LogP) is 3.66. The van der Waals surface area contributed by atoms with Crippen molar-refractivity contribution >= 4 is 11.8 Å². The van der Waals surface area contributed by atoms with Gasteiger partial charge in [-0.25, -0.2) is 4.39 Å². The molecule has 3 aromatic rings. The van der Waals surface area contributed by atoms with E-state index in [-0.39, 0.29) is 30.6 Å². The van der Waals surface area contributed by atoms with Crippen molar-refractivity contribution in [3.05, 3.63) is 77.3 Å². The van der Waals surface area contributed by atoms with Gasteiger partial charge in [-0.05, 0) is 13.0 Å². The molecule has 0 radical (unpaired) electrons. The number of aryl methyl sites for hydroxylation is 1. The Morgan fingerprint density at radius 2 is 1.80 bits per heavy atom. The van der Waals surface area contributed by atoms with E-state index in [1.165, 1.54) is 6.07 Å². The van der Waals surface area contributed by atoms with Crippen molar-refractivity contribution in [3.8, 4) is 11.3 Å². The molecule has 1 aliphatic rings. The van der Waals surface area contributed by atoms with E-state index in [1.54, 1.807) is 34.9 Å². The van der Waals surface area contributed by atoms with Gasteiger partial charge < -0.3 is 14.3 Å². The second-order valence-electron chi connectivity index (χ2n) is 7.28. The number of carbonyl (C=O) groups is 2. The quantitative estimate of drug-likeness (QED) is 0.662. The molecular formula is C23H22FN3O3. The Hall–Kier alpha value is -3.48. The predicted molar refractivity (Wildman–Crippen MR) is 109 cm³/mol. The molecule has 0 atom stereocenters. The number of aromatic nitrogens is 1. The minimum atomic E-state index is -0.338. The van der Waals surface area contributed by atoms with Crippen molar-refractivity contribution in [3.63, 3.8) is 0 Å². The summed E-state index contributed by atoms with van der Waals surface area (Å²) in [6.45, 7) is 2.89. The van der Waals surface area contributed by atoms with E-state index in [9.17, 15) is 14.0 Å². The highest BCUT2D eigenvalue weighted by Gasteiger charge is 2.29. The van der Waals surface area contributed by atoms with E-state index < -0.39 is 0 Å². The topological polar surface area (TPSA) is 66.7 Å². The van der Waals surface area contributed by atoms with Crippen LogP contribution in [0.25, 0.3) is 11.3 Å². The lowest BCUT2D eigenvalue weighted by atomic mass is 10.1. The monoisotopic (exact) mass is 407 g/mol. The van der Waals surface area contributed by atoms with Crippen molar-refractivity contribution in [2.75, 3.05) is 19.6 Å². The molecule has 2 heterocycles. The first-order chi connectivity index (χ1) is 14.5. The lowest BCUT2D eigenvalue weighted by molar-refractivity contribution is -0.130. The van der Waals surface area contributed by atoms with Crippen LogP contribution >= 0.6 is 0 Å². The van der Waals surface area contributed by atoms with Gasteiger partial charge in [-0.3, -0.25) is 9.59 Å². The van der Waals surface area contributed by atoms with Gasteiger partial charge in [-0.2, -0.15) is 0 Å². The smallest absolute Gasteiger partial charge is 0.259 e. The molecule has 0 N–H and O–H groups in total. The van der Waals surface area contributed by atoms with Gasteiger partial charge in [0.1, 0.15) is 22.8 Å². The van der Waals surface area contributed by atoms with Gasteiger partial charge in [0.2, 0.25) is 5.91 Å². The van der Waals surface area contributed by atoms with Gasteiger partial charge in [0.25, 0.3) is 5.91 Å². The SMILES string of the molecule is Cc1onc(-c2ccccc2)c1C(=O)N1CCC(=O)N(Cc2ccccc2F)CC1. The number of amides is 2. The Morgan fingerprint density at radius 1 is 1.07 bits per heavy atom. The van der Waals surface area contributed by atoms with E-state index >= 15 is 0 Å². The lowest BCUT2D eigenvalue weighted by Crippen LogP contribution is -2.36. The average molecular weight is 407 g/mol. The molecular weight excluding hydrogens is 385 g/mol. The van der Waals surface area contributed by atoms with Gasteiger partial charge >= 0.3 is 0 Å². The van der Waals surface area contributed by atoms with Crippen LogP contribution in [0.5, 0.6) is 0 Å². The van der Waals surface area contributed by atoms with Crippen molar-refractivity contribution in [2.24, 2.45) is 0 Å². The van der Waals surface area contributed by atoms with Crippen molar-refractivity contribution in [2.45, 2.75) is 19.9 Å². The summed E-state index contributed by atoms with van der Waals surface area (Å²) in [4.78, 5) is 29.1. The summed E-state index contributed by atoms with van der Waals surface area (Å²) in [5, 5.41) is 4.08. The summed E-state index contributed by atoms with van der Waals surface area (Å²) in [7, 11) is 0. The van der Waals surface area contributed by atoms with Gasteiger partial charge in [-0.15, -0.1) is 0 Å². The fourth-order valence-corrected chi connectivity index (χ4v) is 3.64. The first-order valence-electron chi connectivity index (χ1n) is 9.86. The maximum absolute atomic E-state index is 14.0. The minimum Gasteiger partial charge on any atom is -0.360 e. The largest absolute Gasteiger partial charge is 0.360 e. The number of benzene rings is 2. The summed E-state index contributed by atoms with van der Waals surface area (Å²) in [5.41, 5.74) is 2.17. The molecule has 0 aliphatic carbocycles. The number of hydrogen-bond acceptors (Lipinski definition) is 4. The summed E-state index contributed by atoms with van der Waals surface area (Å²) < 4.78 is 19.3. The Labute approximate surface area is 173 Å². The maximum atomic E-state index is 14.0. The van der Waals surface area contributed by atoms with E-state index in [0.717, 1.165) is 5.56 Å². The van der Waals surface area contributed by atoms with E-state index in [1.807, 2.05) is 30.3 Å².